The van der Waals surface area contributed by atoms with Crippen LogP contribution in [0.25, 0.3) is 0 Å². The highest BCUT2D eigenvalue weighted by Crippen LogP contribution is 2.34. The molecular weight excluding hydrogens is 250 g/mol. The smallest absolute Gasteiger partial charge is 0.0590 e. The molecule has 1 aromatic rings. The van der Waals surface area contributed by atoms with Crippen molar-refractivity contribution in [3.8, 4) is 0 Å². The molecule has 0 saturated heterocycles. The van der Waals surface area contributed by atoms with Gasteiger partial charge in [-0.25, -0.2) is 0 Å². The van der Waals surface area contributed by atoms with E-state index in [-0.39, 0.29) is 0 Å². The minimum atomic E-state index is 0.373. The second kappa shape index (κ2) is 7.20. The Balaban J connectivity index is 2.74. The van der Waals surface area contributed by atoms with Crippen molar-refractivity contribution in [2.75, 3.05) is 6.54 Å². The molecule has 1 heterocycles. The van der Waals surface area contributed by atoms with Crippen molar-refractivity contribution < 1.29 is 0 Å². The number of rotatable bonds is 7. The number of allylic oxidation sites excluding steroid dienone is 1. The predicted molar refractivity (Wildman–Crippen MR) is 79.1 cm³/mol. The molecule has 0 aromatic carbocycles. The molecule has 1 unspecified atom stereocenters. The zero-order chi connectivity index (χ0) is 12.8. The molecule has 0 fully saturated rings. The normalized spacial score (nSPS) is 12.7. The third-order valence-corrected chi connectivity index (χ3v) is 4.57. The van der Waals surface area contributed by atoms with Crippen LogP contribution in [0.1, 0.15) is 49.6 Å². The van der Waals surface area contributed by atoms with E-state index in [4.69, 9.17) is 11.6 Å². The van der Waals surface area contributed by atoms with Gasteiger partial charge in [-0.3, -0.25) is 0 Å². The van der Waals surface area contributed by atoms with Crippen LogP contribution in [0.4, 0.5) is 0 Å². The SMILES string of the molecule is C=C(C)CCC(NCCC)c1scc(C)c1Cl. The lowest BCUT2D eigenvalue weighted by atomic mass is 10.1. The molecule has 0 aliphatic carbocycles. The number of thiophene rings is 1. The average molecular weight is 272 g/mol. The Morgan fingerprint density at radius 2 is 2.29 bits per heavy atom. The van der Waals surface area contributed by atoms with E-state index in [0.29, 0.717) is 6.04 Å². The van der Waals surface area contributed by atoms with Crippen LogP contribution < -0.4 is 5.32 Å². The first kappa shape index (κ1) is 14.7. The second-order valence-electron chi connectivity index (χ2n) is 4.60. The van der Waals surface area contributed by atoms with Crippen LogP contribution >= 0.6 is 22.9 Å². The van der Waals surface area contributed by atoms with Crippen LogP contribution in [0, 0.1) is 6.92 Å². The molecule has 1 atom stereocenters. The summed E-state index contributed by atoms with van der Waals surface area (Å²) in [5.74, 6) is 0. The van der Waals surface area contributed by atoms with Crippen LogP contribution in [-0.2, 0) is 0 Å². The third kappa shape index (κ3) is 4.46. The molecule has 1 nitrogen and oxygen atoms in total. The molecule has 1 rings (SSSR count). The number of aryl methyl sites for hydroxylation is 1. The van der Waals surface area contributed by atoms with Crippen molar-refractivity contribution in [2.45, 2.75) is 46.1 Å². The summed E-state index contributed by atoms with van der Waals surface area (Å²) in [4.78, 5) is 1.28. The lowest BCUT2D eigenvalue weighted by molar-refractivity contribution is 0.505. The van der Waals surface area contributed by atoms with Crippen molar-refractivity contribution in [2.24, 2.45) is 0 Å². The van der Waals surface area contributed by atoms with Gasteiger partial charge in [-0.05, 0) is 50.6 Å². The van der Waals surface area contributed by atoms with Gasteiger partial charge in [-0.15, -0.1) is 17.9 Å². The Kier molecular flexibility index (Phi) is 6.24. The monoisotopic (exact) mass is 271 g/mol. The van der Waals surface area contributed by atoms with Crippen LogP contribution in [0.15, 0.2) is 17.5 Å². The summed E-state index contributed by atoms with van der Waals surface area (Å²) >= 11 is 8.11. The lowest BCUT2D eigenvalue weighted by Gasteiger charge is -2.18. The van der Waals surface area contributed by atoms with Gasteiger partial charge >= 0.3 is 0 Å². The summed E-state index contributed by atoms with van der Waals surface area (Å²) in [5, 5.41) is 6.65. The van der Waals surface area contributed by atoms with Crippen molar-refractivity contribution in [1.29, 1.82) is 0 Å². The standard InChI is InChI=1S/C14H22ClNS/c1-5-8-16-12(7-6-10(2)3)14-13(15)11(4)9-17-14/h9,12,16H,2,5-8H2,1,3-4H3. The van der Waals surface area contributed by atoms with Crippen LogP contribution in [0.3, 0.4) is 0 Å². The largest absolute Gasteiger partial charge is 0.309 e. The first-order valence-corrected chi connectivity index (χ1v) is 7.43. The maximum Gasteiger partial charge on any atom is 0.0590 e. The topological polar surface area (TPSA) is 12.0 Å². The fourth-order valence-corrected chi connectivity index (χ4v) is 3.16. The predicted octanol–water partition coefficient (Wildman–Crippen LogP) is 5.11. The van der Waals surface area contributed by atoms with E-state index in [9.17, 15) is 0 Å². The summed E-state index contributed by atoms with van der Waals surface area (Å²) in [6, 6.07) is 0.373. The summed E-state index contributed by atoms with van der Waals surface area (Å²) in [6.45, 7) is 11.3. The van der Waals surface area contributed by atoms with Gasteiger partial charge < -0.3 is 5.32 Å². The Morgan fingerprint density at radius 1 is 1.59 bits per heavy atom. The first-order valence-electron chi connectivity index (χ1n) is 6.17. The van der Waals surface area contributed by atoms with E-state index in [1.54, 1.807) is 11.3 Å². The van der Waals surface area contributed by atoms with Gasteiger partial charge in [0.05, 0.1) is 5.02 Å². The summed E-state index contributed by atoms with van der Waals surface area (Å²) in [6.07, 6.45) is 3.27. The molecular formula is C14H22ClNS. The van der Waals surface area contributed by atoms with E-state index in [1.807, 2.05) is 0 Å². The van der Waals surface area contributed by atoms with Gasteiger partial charge in [-0.2, -0.15) is 0 Å². The fourth-order valence-electron chi connectivity index (χ4n) is 1.72. The molecule has 96 valence electrons. The highest BCUT2D eigenvalue weighted by atomic mass is 35.5. The molecule has 0 bridgehead atoms. The number of hydrogen-bond donors (Lipinski definition) is 1. The van der Waals surface area contributed by atoms with Crippen molar-refractivity contribution in [1.82, 2.24) is 5.32 Å². The van der Waals surface area contributed by atoms with Crippen molar-refractivity contribution in [3.63, 3.8) is 0 Å². The first-order chi connectivity index (χ1) is 8.06. The van der Waals surface area contributed by atoms with E-state index < -0.39 is 0 Å². The fraction of sp³-hybridized carbons (Fsp3) is 0.571. The maximum atomic E-state index is 6.35. The minimum Gasteiger partial charge on any atom is -0.309 e. The molecule has 0 spiro atoms. The Hall–Kier alpha value is -0.310. The molecule has 3 heteroatoms. The zero-order valence-corrected chi connectivity index (χ0v) is 12.5. The van der Waals surface area contributed by atoms with Gasteiger partial charge in [0.1, 0.15) is 0 Å². The van der Waals surface area contributed by atoms with Crippen LogP contribution in [0.5, 0.6) is 0 Å². The molecule has 0 amide bonds. The van der Waals surface area contributed by atoms with Gasteiger partial charge in [0.25, 0.3) is 0 Å². The molecule has 17 heavy (non-hydrogen) atoms. The number of halogens is 1. The molecule has 0 aliphatic heterocycles. The minimum absolute atomic E-state index is 0.373. The van der Waals surface area contributed by atoms with E-state index >= 15 is 0 Å². The average Bonchev–Trinajstić information content (AvgIpc) is 2.60. The van der Waals surface area contributed by atoms with Crippen molar-refractivity contribution in [3.05, 3.63) is 33.0 Å². The Morgan fingerprint density at radius 3 is 2.76 bits per heavy atom. The molecule has 1 N–H and O–H groups in total. The van der Waals surface area contributed by atoms with Gasteiger partial charge in [0.2, 0.25) is 0 Å². The zero-order valence-electron chi connectivity index (χ0n) is 11.0. The highest BCUT2D eigenvalue weighted by molar-refractivity contribution is 7.10. The van der Waals surface area contributed by atoms with Crippen LogP contribution in [-0.4, -0.2) is 6.54 Å². The molecule has 0 radical (unpaired) electrons. The van der Waals surface area contributed by atoms with Gasteiger partial charge in [0.15, 0.2) is 0 Å². The van der Waals surface area contributed by atoms with Crippen molar-refractivity contribution >= 4 is 22.9 Å². The third-order valence-electron chi connectivity index (χ3n) is 2.74. The highest BCUT2D eigenvalue weighted by Gasteiger charge is 2.17. The Labute approximate surface area is 114 Å². The summed E-state index contributed by atoms with van der Waals surface area (Å²) in [5.41, 5.74) is 2.42. The summed E-state index contributed by atoms with van der Waals surface area (Å²) in [7, 11) is 0. The number of hydrogen-bond acceptors (Lipinski definition) is 2. The number of nitrogens with one attached hydrogen (secondary N) is 1. The lowest BCUT2D eigenvalue weighted by Crippen LogP contribution is -2.21. The molecule has 0 saturated carbocycles. The molecule has 0 aliphatic rings. The maximum absolute atomic E-state index is 6.35. The quantitative estimate of drug-likeness (QED) is 0.680. The molecule has 1 aromatic heterocycles. The Bertz CT molecular complexity index is 370. The van der Waals surface area contributed by atoms with E-state index in [0.717, 1.165) is 30.8 Å². The van der Waals surface area contributed by atoms with E-state index in [1.165, 1.54) is 16.0 Å². The van der Waals surface area contributed by atoms with Gasteiger partial charge in [-0.1, -0.05) is 24.1 Å². The second-order valence-corrected chi connectivity index (χ2v) is 5.89. The summed E-state index contributed by atoms with van der Waals surface area (Å²) < 4.78 is 0. The van der Waals surface area contributed by atoms with Gasteiger partial charge in [0, 0.05) is 10.9 Å². The van der Waals surface area contributed by atoms with Crippen LogP contribution in [0.2, 0.25) is 5.02 Å². The van der Waals surface area contributed by atoms with E-state index in [2.05, 4.69) is 38.0 Å².